The molecule has 2 aromatic rings. The van der Waals surface area contributed by atoms with E-state index in [2.05, 4.69) is 26.3 Å². The van der Waals surface area contributed by atoms with Crippen molar-refractivity contribution >= 4 is 27.5 Å². The number of hydrogen-bond donors (Lipinski definition) is 2. The summed E-state index contributed by atoms with van der Waals surface area (Å²) in [5, 5.41) is 16.0. The Morgan fingerprint density at radius 2 is 2.26 bits per heavy atom. The maximum Gasteiger partial charge on any atom is 0.274 e. The van der Waals surface area contributed by atoms with E-state index in [1.165, 1.54) is 10.9 Å². The molecule has 1 aromatic carbocycles. The normalized spacial score (nSPS) is 10.5. The van der Waals surface area contributed by atoms with Crippen LogP contribution in [-0.4, -0.2) is 20.8 Å². The van der Waals surface area contributed by atoms with E-state index >= 15 is 0 Å². The molecule has 2 N–H and O–H groups in total. The molecule has 0 unspecified atom stereocenters. The third kappa shape index (κ3) is 2.85. The molecule has 6 heteroatoms. The largest absolute Gasteiger partial charge is 0.392 e. The fourth-order valence-electron chi connectivity index (χ4n) is 1.84. The Balaban J connectivity index is 2.28. The van der Waals surface area contributed by atoms with Crippen LogP contribution in [0.15, 0.2) is 28.9 Å². The first-order valence-electron chi connectivity index (χ1n) is 5.72. The molecule has 1 amide bonds. The predicted molar refractivity (Wildman–Crippen MR) is 76.0 cm³/mol. The number of anilines is 1. The van der Waals surface area contributed by atoms with Gasteiger partial charge in [-0.1, -0.05) is 15.9 Å². The molecule has 0 fully saturated rings. The number of aliphatic hydroxyl groups excluding tert-OH is 1. The molecule has 1 heterocycles. The molecule has 0 aliphatic rings. The molecule has 0 atom stereocenters. The Hall–Kier alpha value is -1.66. The zero-order chi connectivity index (χ0) is 14.0. The van der Waals surface area contributed by atoms with Gasteiger partial charge in [-0.2, -0.15) is 5.10 Å². The highest BCUT2D eigenvalue weighted by molar-refractivity contribution is 9.10. The summed E-state index contributed by atoms with van der Waals surface area (Å²) in [4.78, 5) is 12.2. The molecule has 2 rings (SSSR count). The van der Waals surface area contributed by atoms with Gasteiger partial charge in [-0.3, -0.25) is 9.48 Å². The highest BCUT2D eigenvalue weighted by atomic mass is 79.9. The number of hydrogen-bond acceptors (Lipinski definition) is 3. The van der Waals surface area contributed by atoms with Crippen molar-refractivity contribution in [2.24, 2.45) is 7.05 Å². The van der Waals surface area contributed by atoms with E-state index in [1.807, 2.05) is 25.1 Å². The maximum absolute atomic E-state index is 12.2. The monoisotopic (exact) mass is 323 g/mol. The number of amides is 1. The molecule has 1 aromatic heterocycles. The summed E-state index contributed by atoms with van der Waals surface area (Å²) in [6.45, 7) is 1.70. The summed E-state index contributed by atoms with van der Waals surface area (Å²) in [5.41, 5.74) is 2.56. The predicted octanol–water partition coefficient (Wildman–Crippen LogP) is 2.24. The van der Waals surface area contributed by atoms with Crippen LogP contribution in [0.2, 0.25) is 0 Å². The van der Waals surface area contributed by atoms with Crippen LogP contribution in [-0.2, 0) is 13.7 Å². The van der Waals surface area contributed by atoms with Crippen molar-refractivity contribution in [1.82, 2.24) is 9.78 Å². The zero-order valence-corrected chi connectivity index (χ0v) is 12.2. The van der Waals surface area contributed by atoms with Crippen molar-refractivity contribution in [1.29, 1.82) is 0 Å². The second kappa shape index (κ2) is 5.54. The van der Waals surface area contributed by atoms with Crippen LogP contribution in [0.1, 0.15) is 21.6 Å². The summed E-state index contributed by atoms with van der Waals surface area (Å²) in [6, 6.07) is 5.61. The van der Waals surface area contributed by atoms with Gasteiger partial charge in [0.15, 0.2) is 0 Å². The second-order valence-electron chi connectivity index (χ2n) is 4.21. The zero-order valence-electron chi connectivity index (χ0n) is 10.6. The number of aliphatic hydroxyl groups is 1. The van der Waals surface area contributed by atoms with Gasteiger partial charge in [0.1, 0.15) is 5.69 Å². The van der Waals surface area contributed by atoms with Crippen molar-refractivity contribution in [2.75, 3.05) is 5.32 Å². The first-order valence-corrected chi connectivity index (χ1v) is 6.51. The van der Waals surface area contributed by atoms with Gasteiger partial charge in [-0.05, 0) is 30.7 Å². The van der Waals surface area contributed by atoms with Crippen molar-refractivity contribution in [3.63, 3.8) is 0 Å². The summed E-state index contributed by atoms with van der Waals surface area (Å²) in [6.07, 6.45) is 1.49. The standard InChI is InChI=1S/C13H14BrN3O2/c1-8-5-10(14)3-4-11(8)16-13(19)12-9(7-18)6-15-17(12)2/h3-6,18H,7H2,1-2H3,(H,16,19). The van der Waals surface area contributed by atoms with Crippen LogP contribution in [0.5, 0.6) is 0 Å². The van der Waals surface area contributed by atoms with Gasteiger partial charge in [-0.15, -0.1) is 0 Å². The van der Waals surface area contributed by atoms with Crippen molar-refractivity contribution in [2.45, 2.75) is 13.5 Å². The minimum absolute atomic E-state index is 0.212. The quantitative estimate of drug-likeness (QED) is 0.910. The van der Waals surface area contributed by atoms with Crippen molar-refractivity contribution < 1.29 is 9.90 Å². The topological polar surface area (TPSA) is 67.2 Å². The van der Waals surface area contributed by atoms with Gasteiger partial charge in [0, 0.05) is 22.8 Å². The number of aryl methyl sites for hydroxylation is 2. The molecule has 0 radical (unpaired) electrons. The lowest BCUT2D eigenvalue weighted by atomic mass is 10.2. The van der Waals surface area contributed by atoms with Crippen LogP contribution < -0.4 is 5.32 Å². The third-order valence-electron chi connectivity index (χ3n) is 2.84. The molecule has 0 saturated carbocycles. The molecule has 5 nitrogen and oxygen atoms in total. The number of benzene rings is 1. The van der Waals surface area contributed by atoms with Crippen molar-refractivity contribution in [3.8, 4) is 0 Å². The van der Waals surface area contributed by atoms with E-state index in [4.69, 9.17) is 0 Å². The van der Waals surface area contributed by atoms with Gasteiger partial charge in [0.25, 0.3) is 5.91 Å². The average Bonchev–Trinajstić information content (AvgIpc) is 2.74. The van der Waals surface area contributed by atoms with Gasteiger partial charge >= 0.3 is 0 Å². The lowest BCUT2D eigenvalue weighted by molar-refractivity contribution is 0.101. The average molecular weight is 324 g/mol. The molecule has 19 heavy (non-hydrogen) atoms. The lowest BCUT2D eigenvalue weighted by Gasteiger charge is -2.10. The highest BCUT2D eigenvalue weighted by Crippen LogP contribution is 2.21. The van der Waals surface area contributed by atoms with Crippen LogP contribution in [0.4, 0.5) is 5.69 Å². The van der Waals surface area contributed by atoms with E-state index in [0.717, 1.165) is 15.7 Å². The van der Waals surface area contributed by atoms with Crippen LogP contribution in [0.3, 0.4) is 0 Å². The fraction of sp³-hybridized carbons (Fsp3) is 0.231. The Morgan fingerprint density at radius 1 is 1.53 bits per heavy atom. The number of rotatable bonds is 3. The van der Waals surface area contributed by atoms with Crippen molar-refractivity contribution in [3.05, 3.63) is 45.7 Å². The minimum Gasteiger partial charge on any atom is -0.392 e. The van der Waals surface area contributed by atoms with Crippen LogP contribution in [0.25, 0.3) is 0 Å². The van der Waals surface area contributed by atoms with Gasteiger partial charge in [0.05, 0.1) is 12.8 Å². The molecular weight excluding hydrogens is 310 g/mol. The van der Waals surface area contributed by atoms with Crippen LogP contribution >= 0.6 is 15.9 Å². The Labute approximate surface area is 119 Å². The number of halogens is 1. The Kier molecular flexibility index (Phi) is 4.01. The van der Waals surface area contributed by atoms with Gasteiger partial charge in [-0.25, -0.2) is 0 Å². The number of aromatic nitrogens is 2. The van der Waals surface area contributed by atoms with E-state index in [9.17, 15) is 9.90 Å². The summed E-state index contributed by atoms with van der Waals surface area (Å²) >= 11 is 3.38. The SMILES string of the molecule is Cc1cc(Br)ccc1NC(=O)c1c(CO)cnn1C. The smallest absolute Gasteiger partial charge is 0.274 e. The third-order valence-corrected chi connectivity index (χ3v) is 3.33. The number of carbonyl (C=O) groups excluding carboxylic acids is 1. The number of carbonyl (C=O) groups is 1. The molecular formula is C13H14BrN3O2. The highest BCUT2D eigenvalue weighted by Gasteiger charge is 2.16. The summed E-state index contributed by atoms with van der Waals surface area (Å²) in [5.74, 6) is -0.283. The Bertz CT molecular complexity index is 622. The fourth-order valence-corrected chi connectivity index (χ4v) is 2.32. The minimum atomic E-state index is -0.283. The molecule has 0 aliphatic heterocycles. The molecule has 0 bridgehead atoms. The first kappa shape index (κ1) is 13.8. The van der Waals surface area contributed by atoms with E-state index in [0.29, 0.717) is 11.3 Å². The maximum atomic E-state index is 12.2. The second-order valence-corrected chi connectivity index (χ2v) is 5.13. The molecule has 0 spiro atoms. The van der Waals surface area contributed by atoms with E-state index in [1.54, 1.807) is 7.05 Å². The summed E-state index contributed by atoms with van der Waals surface area (Å²) < 4.78 is 2.41. The first-order chi connectivity index (χ1) is 9.02. The molecule has 100 valence electrons. The molecule has 0 saturated heterocycles. The van der Waals surface area contributed by atoms with Crippen LogP contribution in [0, 0.1) is 6.92 Å². The molecule has 0 aliphatic carbocycles. The van der Waals surface area contributed by atoms with E-state index < -0.39 is 0 Å². The summed E-state index contributed by atoms with van der Waals surface area (Å²) in [7, 11) is 1.67. The Morgan fingerprint density at radius 3 is 2.89 bits per heavy atom. The number of nitrogens with one attached hydrogen (secondary N) is 1. The van der Waals surface area contributed by atoms with Gasteiger partial charge < -0.3 is 10.4 Å². The van der Waals surface area contributed by atoms with E-state index in [-0.39, 0.29) is 12.5 Å². The van der Waals surface area contributed by atoms with Gasteiger partial charge in [0.2, 0.25) is 0 Å². The number of nitrogens with zero attached hydrogens (tertiary/aromatic N) is 2. The lowest BCUT2D eigenvalue weighted by Crippen LogP contribution is -2.18.